The van der Waals surface area contributed by atoms with E-state index in [1.807, 2.05) is 58.0 Å². The minimum absolute atomic E-state index is 0.0440. The molecule has 4 aliphatic carbocycles. The van der Waals surface area contributed by atoms with Gasteiger partial charge in [0.25, 0.3) is 0 Å². The van der Waals surface area contributed by atoms with E-state index in [-0.39, 0.29) is 51.4 Å². The Morgan fingerprint density at radius 3 is 1.53 bits per heavy atom. The molecule has 0 radical (unpaired) electrons. The lowest BCUT2D eigenvalue weighted by molar-refractivity contribution is -0.374. The molecule has 3 saturated carbocycles. The molecule has 6 aliphatic heterocycles. The Morgan fingerprint density at radius 2 is 1.04 bits per heavy atom. The minimum Gasteiger partial charge on any atom is -0.458 e. The van der Waals surface area contributed by atoms with Crippen molar-refractivity contribution < 1.29 is 141 Å². The van der Waals surface area contributed by atoms with Crippen molar-refractivity contribution in [1.29, 1.82) is 0 Å². The van der Waals surface area contributed by atoms with Crippen molar-refractivity contribution in [2.24, 2.45) is 16.7 Å². The SMILES string of the molecule is CO[C@H]1[C@@H](O)[C@H](O[C@@H]2[C@@H](C)O[C@@H](O[C@@H]3[C@@H](C)O[C@@H](O[C@H]4[C@@H](OC)C[C@H](O[C@H]5[C@@H](OC)C[C@H](O[C@H]6CC[C@]7(C)[C@H]8C[C@@H](OC(=O)C=Cc9ccccc9)[C@@]9(C)[C@](O)(CC[C@@]9(O)[C@H](C)O)[C@]8(O)C=C[C@@]7(O)C6)O[C@@H]5C)O[C@@H]4C)C[C@H]3OC)C[C@H]2OC)O[C@H](C)[C@H]1O[C@@H]1O[C@H](CO)[C@@H](O)[C@H](O)[C@H]1O. The van der Waals surface area contributed by atoms with Gasteiger partial charge < -0.3 is 136 Å². The van der Waals surface area contributed by atoms with Crippen LogP contribution in [-0.4, -0.2) is 300 Å². The van der Waals surface area contributed by atoms with Gasteiger partial charge >= 0.3 is 5.97 Å². The van der Waals surface area contributed by atoms with Gasteiger partial charge in [-0.3, -0.25) is 0 Å². The maximum Gasteiger partial charge on any atom is 0.331 e. The number of hydrogen-bond acceptors (Lipinski definition) is 29. The van der Waals surface area contributed by atoms with E-state index in [0.29, 0.717) is 12.8 Å². The van der Waals surface area contributed by atoms with Crippen molar-refractivity contribution in [1.82, 2.24) is 0 Å². The van der Waals surface area contributed by atoms with Gasteiger partial charge in [0.1, 0.15) is 90.1 Å². The molecule has 568 valence electrons. The van der Waals surface area contributed by atoms with Crippen molar-refractivity contribution in [3.63, 3.8) is 0 Å². The first kappa shape index (κ1) is 78.2. The summed E-state index contributed by atoms with van der Waals surface area (Å²) in [5.41, 5.74) is -9.76. The minimum atomic E-state index is -2.11. The quantitative estimate of drug-likeness (QED) is 0.0445. The number of esters is 1. The molecule has 10 aliphatic rings. The van der Waals surface area contributed by atoms with Crippen LogP contribution in [0, 0.1) is 16.7 Å². The molecular formula is C71H110O29. The highest BCUT2D eigenvalue weighted by molar-refractivity contribution is 5.87. The fourth-order valence-electron chi connectivity index (χ4n) is 18.4. The van der Waals surface area contributed by atoms with Crippen LogP contribution in [0.15, 0.2) is 48.6 Å². The molecule has 36 atom stereocenters. The number of rotatable bonds is 22. The summed E-state index contributed by atoms with van der Waals surface area (Å²) >= 11 is 0. The number of carbonyl (C=O) groups excluding carboxylic acids is 1. The van der Waals surface area contributed by atoms with Crippen molar-refractivity contribution in [2.45, 2.75) is 320 Å². The second-order valence-corrected chi connectivity index (χ2v) is 29.8. The van der Waals surface area contributed by atoms with Crippen LogP contribution in [0.5, 0.6) is 0 Å². The number of ether oxygens (including phenoxy) is 18. The van der Waals surface area contributed by atoms with Crippen LogP contribution < -0.4 is 0 Å². The standard InChI is InChI=1S/C71H110O29/c1-34-58(42(83-9)27-50(88-34)93-41-21-22-66(7)47-31-48(95-49(74)20-19-40-17-15-14-16-18-40)67(8)69(80,39(6)73)25-26-71(67,82)70(47,81)24-23-68(66,79)32-41)96-51-28-43(84-10)59(35(2)89-51)97-52-29-44(85-11)60(36(3)90-52)98-53-30-45(86-12)61(37(4)91-53)99-65-57(78)63(87-13)62(38(5)92-65)100-64-56(77)55(76)54(75)46(33-72)94-64/h14-20,23-24,34-39,41-48,50-65,72-73,75-82H,21-22,25-33H2,1-13H3/t34-,35-,36-,37-,38-,39+,41+,42+,43+,44-,45-,46-,47-,48-,50+,51+,52+,53+,54-,55+,56-,57-,58-,59-,60-,61-,62-,63+,64+,65+,66-,67-,68-,69-,70+,71-/m1/s1. The number of methoxy groups -OCH3 is 5. The zero-order chi connectivity index (χ0) is 72.3. The third-order valence-corrected chi connectivity index (χ3v) is 24.4. The molecule has 0 aromatic heterocycles. The number of benzene rings is 1. The fraction of sp³-hybridized carbons (Fsp3) is 0.845. The number of hydrogen-bond donors (Lipinski definition) is 10. The molecule has 6 saturated heterocycles. The molecule has 11 rings (SSSR count). The van der Waals surface area contributed by atoms with E-state index in [9.17, 15) is 55.9 Å². The molecule has 0 bridgehead atoms. The maximum absolute atomic E-state index is 13.7. The Kier molecular flexibility index (Phi) is 24.3. The van der Waals surface area contributed by atoms with Crippen LogP contribution in [0.3, 0.4) is 0 Å². The topological polar surface area (TPSA) is 386 Å². The van der Waals surface area contributed by atoms with Crippen LogP contribution in [0.4, 0.5) is 0 Å². The Balaban J connectivity index is 0.664. The van der Waals surface area contributed by atoms with Gasteiger partial charge in [-0.25, -0.2) is 4.79 Å². The van der Waals surface area contributed by atoms with Crippen LogP contribution in [0.25, 0.3) is 6.08 Å². The van der Waals surface area contributed by atoms with Crippen molar-refractivity contribution >= 4 is 12.0 Å². The zero-order valence-electron chi connectivity index (χ0n) is 59.5. The maximum atomic E-state index is 13.7. The summed E-state index contributed by atoms with van der Waals surface area (Å²) in [6.45, 7) is 13.3. The van der Waals surface area contributed by atoms with E-state index >= 15 is 0 Å². The Morgan fingerprint density at radius 1 is 0.560 bits per heavy atom. The van der Waals surface area contributed by atoms with E-state index < -0.39 is 230 Å². The third kappa shape index (κ3) is 14.2. The lowest BCUT2D eigenvalue weighted by Crippen LogP contribution is -2.80. The second kappa shape index (κ2) is 31.1. The van der Waals surface area contributed by atoms with Crippen LogP contribution in [0.1, 0.15) is 125 Å². The van der Waals surface area contributed by atoms with Crippen molar-refractivity contribution in [3.05, 3.63) is 54.1 Å². The van der Waals surface area contributed by atoms with Crippen molar-refractivity contribution in [3.8, 4) is 0 Å². The molecule has 100 heavy (non-hydrogen) atoms. The number of aliphatic hydroxyl groups excluding tert-OH is 6. The molecule has 0 amide bonds. The van der Waals surface area contributed by atoms with Crippen LogP contribution in [0.2, 0.25) is 0 Å². The smallest absolute Gasteiger partial charge is 0.331 e. The molecule has 29 nitrogen and oxygen atoms in total. The lowest BCUT2D eigenvalue weighted by Gasteiger charge is -2.68. The lowest BCUT2D eigenvalue weighted by atomic mass is 9.41. The molecular weight excluding hydrogens is 1320 g/mol. The third-order valence-electron chi connectivity index (χ3n) is 24.4. The first-order valence-electron chi connectivity index (χ1n) is 35.4. The second-order valence-electron chi connectivity index (χ2n) is 29.8. The number of carbonyl (C=O) groups is 1. The van der Waals surface area contributed by atoms with Gasteiger partial charge in [0, 0.05) is 85.1 Å². The van der Waals surface area contributed by atoms with E-state index in [1.54, 1.807) is 54.3 Å². The van der Waals surface area contributed by atoms with E-state index in [2.05, 4.69) is 0 Å². The molecule has 1 aromatic rings. The van der Waals surface area contributed by atoms with Gasteiger partial charge in [-0.1, -0.05) is 56.3 Å². The Bertz CT molecular complexity index is 2910. The monoisotopic (exact) mass is 1430 g/mol. The average molecular weight is 1430 g/mol. The first-order chi connectivity index (χ1) is 47.4. The number of fused-ring (bicyclic) bond motifs is 5. The highest BCUT2D eigenvalue weighted by Crippen LogP contribution is 2.71. The average Bonchev–Trinajstić information content (AvgIpc) is 1.29. The van der Waals surface area contributed by atoms with E-state index in [0.717, 1.165) is 5.56 Å². The molecule has 9 fully saturated rings. The van der Waals surface area contributed by atoms with Gasteiger partial charge in [0.2, 0.25) is 0 Å². The Hall–Kier alpha value is -2.91. The summed E-state index contributed by atoms with van der Waals surface area (Å²) in [5, 5.41) is 115. The predicted octanol–water partition coefficient (Wildman–Crippen LogP) is 1.33. The highest BCUT2D eigenvalue weighted by atomic mass is 16.8. The summed E-state index contributed by atoms with van der Waals surface area (Å²) in [7, 11) is 7.66. The van der Waals surface area contributed by atoms with Crippen molar-refractivity contribution in [2.75, 3.05) is 42.2 Å². The molecule has 29 heteroatoms. The van der Waals surface area contributed by atoms with Gasteiger partial charge in [-0.05, 0) is 85.3 Å². The Labute approximate surface area is 584 Å². The summed E-state index contributed by atoms with van der Waals surface area (Å²) in [6.07, 6.45) is -19.2. The van der Waals surface area contributed by atoms with Gasteiger partial charge in [-0.2, -0.15) is 0 Å². The van der Waals surface area contributed by atoms with Gasteiger partial charge in [0.15, 0.2) is 37.7 Å². The predicted molar refractivity (Wildman–Crippen MR) is 347 cm³/mol. The highest BCUT2D eigenvalue weighted by Gasteiger charge is 2.82. The van der Waals surface area contributed by atoms with Crippen LogP contribution in [-0.2, 0) is 90.1 Å². The summed E-state index contributed by atoms with van der Waals surface area (Å²) in [4.78, 5) is 13.7. The summed E-state index contributed by atoms with van der Waals surface area (Å²) in [6, 6.07) is 9.19. The summed E-state index contributed by atoms with van der Waals surface area (Å²) < 4.78 is 113. The van der Waals surface area contributed by atoms with Gasteiger partial charge in [0.05, 0.1) is 84.8 Å². The molecule has 0 unspecified atom stereocenters. The number of aliphatic hydroxyl groups is 10. The normalized spacial score (nSPS) is 50.9. The molecule has 0 spiro atoms. The zero-order valence-corrected chi connectivity index (χ0v) is 59.5. The summed E-state index contributed by atoms with van der Waals surface area (Å²) in [5.74, 6) is -1.61. The molecule has 6 heterocycles. The first-order valence-corrected chi connectivity index (χ1v) is 35.4. The largest absolute Gasteiger partial charge is 0.458 e. The van der Waals surface area contributed by atoms with Crippen LogP contribution >= 0.6 is 0 Å². The molecule has 1 aromatic carbocycles. The van der Waals surface area contributed by atoms with E-state index in [4.69, 9.17) is 85.3 Å². The van der Waals surface area contributed by atoms with E-state index in [1.165, 1.54) is 33.3 Å². The molecule has 10 N–H and O–H groups in total. The fourth-order valence-corrected chi connectivity index (χ4v) is 18.4. The van der Waals surface area contributed by atoms with Gasteiger partial charge in [-0.15, -0.1) is 0 Å².